The SMILES string of the molecule is O=c1[nH]nc(-c2cc(NS(=O)(=O)c3cc(Cl)cc(Cl)c3)cc(C(F)(F)F)c2)[nH]1. The predicted molar refractivity (Wildman–Crippen MR) is 96.9 cm³/mol. The number of halogens is 5. The lowest BCUT2D eigenvalue weighted by Gasteiger charge is -2.13. The molecular formula is C15H9Cl2F3N4O3S. The molecule has 148 valence electrons. The number of nitrogens with zero attached hydrogens (tertiary/aromatic N) is 1. The monoisotopic (exact) mass is 452 g/mol. The van der Waals surface area contributed by atoms with Crippen molar-refractivity contribution in [2.24, 2.45) is 0 Å². The molecular weight excluding hydrogens is 444 g/mol. The number of aromatic nitrogens is 3. The number of anilines is 1. The molecule has 3 aromatic rings. The molecule has 1 aromatic heterocycles. The number of H-pyrrole nitrogens is 2. The third-order valence-corrected chi connectivity index (χ3v) is 5.23. The summed E-state index contributed by atoms with van der Waals surface area (Å²) in [5.74, 6) is -0.192. The summed E-state index contributed by atoms with van der Waals surface area (Å²) in [6.07, 6.45) is -4.77. The zero-order chi connectivity index (χ0) is 20.7. The number of aromatic amines is 2. The summed E-state index contributed by atoms with van der Waals surface area (Å²) >= 11 is 11.6. The zero-order valence-electron chi connectivity index (χ0n) is 13.4. The van der Waals surface area contributed by atoms with E-state index in [1.165, 1.54) is 6.07 Å². The van der Waals surface area contributed by atoms with Crippen molar-refractivity contribution in [3.8, 4) is 11.4 Å². The Morgan fingerprint density at radius 2 is 1.64 bits per heavy atom. The molecule has 0 amide bonds. The van der Waals surface area contributed by atoms with Crippen LogP contribution in [0.25, 0.3) is 11.4 Å². The van der Waals surface area contributed by atoms with Crippen LogP contribution in [-0.4, -0.2) is 23.6 Å². The highest BCUT2D eigenvalue weighted by Crippen LogP contribution is 2.35. The van der Waals surface area contributed by atoms with Crippen LogP contribution >= 0.6 is 23.2 Å². The normalized spacial score (nSPS) is 12.2. The first-order valence-corrected chi connectivity index (χ1v) is 9.54. The van der Waals surface area contributed by atoms with Gasteiger partial charge in [-0.25, -0.2) is 18.3 Å². The Hall–Kier alpha value is -2.50. The van der Waals surface area contributed by atoms with E-state index < -0.39 is 33.1 Å². The highest BCUT2D eigenvalue weighted by Gasteiger charge is 2.32. The van der Waals surface area contributed by atoms with Gasteiger partial charge in [-0.05, 0) is 36.4 Å². The Bertz CT molecular complexity index is 1190. The molecule has 2 aromatic carbocycles. The number of nitrogens with one attached hydrogen (secondary N) is 3. The van der Waals surface area contributed by atoms with E-state index >= 15 is 0 Å². The highest BCUT2D eigenvalue weighted by molar-refractivity contribution is 7.92. The summed E-state index contributed by atoms with van der Waals surface area (Å²) in [7, 11) is -4.30. The van der Waals surface area contributed by atoms with Crippen LogP contribution in [0, 0.1) is 0 Å². The van der Waals surface area contributed by atoms with Crippen LogP contribution in [0.1, 0.15) is 5.56 Å². The van der Waals surface area contributed by atoms with Crippen LogP contribution in [-0.2, 0) is 16.2 Å². The van der Waals surface area contributed by atoms with Crippen molar-refractivity contribution in [3.05, 3.63) is 62.5 Å². The third kappa shape index (κ3) is 4.49. The van der Waals surface area contributed by atoms with Gasteiger partial charge >= 0.3 is 11.9 Å². The van der Waals surface area contributed by atoms with Crippen LogP contribution in [0.2, 0.25) is 10.0 Å². The number of hydrogen-bond donors (Lipinski definition) is 3. The molecule has 3 rings (SSSR count). The molecule has 28 heavy (non-hydrogen) atoms. The van der Waals surface area contributed by atoms with Gasteiger partial charge in [-0.3, -0.25) is 9.71 Å². The van der Waals surface area contributed by atoms with Gasteiger partial charge in [-0.2, -0.15) is 18.3 Å². The summed E-state index contributed by atoms with van der Waals surface area (Å²) in [5, 5.41) is 5.64. The minimum atomic E-state index is -4.77. The van der Waals surface area contributed by atoms with Crippen LogP contribution in [0.15, 0.2) is 46.1 Å². The highest BCUT2D eigenvalue weighted by atomic mass is 35.5. The van der Waals surface area contributed by atoms with E-state index in [-0.39, 0.29) is 26.3 Å². The average Bonchev–Trinajstić information content (AvgIpc) is 2.99. The van der Waals surface area contributed by atoms with Gasteiger partial charge < -0.3 is 0 Å². The Kier molecular flexibility index (Phi) is 5.17. The van der Waals surface area contributed by atoms with Crippen molar-refractivity contribution in [1.82, 2.24) is 15.2 Å². The molecule has 7 nitrogen and oxygen atoms in total. The largest absolute Gasteiger partial charge is 0.416 e. The molecule has 1 heterocycles. The van der Waals surface area contributed by atoms with Gasteiger partial charge in [0.1, 0.15) is 0 Å². The van der Waals surface area contributed by atoms with Gasteiger partial charge in [0.25, 0.3) is 10.0 Å². The quantitative estimate of drug-likeness (QED) is 0.557. The molecule has 0 atom stereocenters. The molecule has 0 fully saturated rings. The first-order chi connectivity index (χ1) is 12.9. The van der Waals surface area contributed by atoms with E-state index in [0.29, 0.717) is 6.07 Å². The Morgan fingerprint density at radius 1 is 1.00 bits per heavy atom. The second-order valence-corrected chi connectivity index (χ2v) is 8.09. The van der Waals surface area contributed by atoms with E-state index in [0.717, 1.165) is 24.3 Å². The fraction of sp³-hybridized carbons (Fsp3) is 0.0667. The molecule has 0 radical (unpaired) electrons. The maximum atomic E-state index is 13.2. The van der Waals surface area contributed by atoms with Gasteiger partial charge in [-0.15, -0.1) is 0 Å². The van der Waals surface area contributed by atoms with Gasteiger partial charge in [0.15, 0.2) is 5.82 Å². The lowest BCUT2D eigenvalue weighted by Crippen LogP contribution is -2.14. The maximum absolute atomic E-state index is 13.2. The van der Waals surface area contributed by atoms with Gasteiger partial charge in [0, 0.05) is 15.6 Å². The summed E-state index contributed by atoms with van der Waals surface area (Å²) in [4.78, 5) is 13.0. The van der Waals surface area contributed by atoms with E-state index in [4.69, 9.17) is 23.2 Å². The fourth-order valence-electron chi connectivity index (χ4n) is 2.29. The fourth-order valence-corrected chi connectivity index (χ4v) is 4.06. The minimum absolute atomic E-state index is 0.0340. The molecule has 0 aliphatic heterocycles. The van der Waals surface area contributed by atoms with Gasteiger partial charge in [0.05, 0.1) is 16.1 Å². The maximum Gasteiger partial charge on any atom is 0.416 e. The van der Waals surface area contributed by atoms with Gasteiger partial charge in [-0.1, -0.05) is 23.2 Å². The summed E-state index contributed by atoms with van der Waals surface area (Å²) < 4.78 is 66.8. The Labute approximate surface area is 165 Å². The number of benzene rings is 2. The van der Waals surface area contributed by atoms with Crippen LogP contribution in [0.5, 0.6) is 0 Å². The first kappa shape index (κ1) is 20.2. The summed E-state index contributed by atoms with van der Waals surface area (Å²) in [6.45, 7) is 0. The Morgan fingerprint density at radius 3 is 2.18 bits per heavy atom. The minimum Gasteiger partial charge on any atom is -0.289 e. The molecule has 0 saturated heterocycles. The number of alkyl halides is 3. The summed E-state index contributed by atoms with van der Waals surface area (Å²) in [5.41, 5.74) is -2.43. The lowest BCUT2D eigenvalue weighted by molar-refractivity contribution is -0.137. The molecule has 13 heteroatoms. The molecule has 0 bridgehead atoms. The molecule has 0 spiro atoms. The summed E-state index contributed by atoms with van der Waals surface area (Å²) in [6, 6.07) is 5.91. The van der Waals surface area contributed by atoms with Crippen LogP contribution in [0.3, 0.4) is 0 Å². The Balaban J connectivity index is 2.09. The van der Waals surface area contributed by atoms with Crippen LogP contribution in [0.4, 0.5) is 18.9 Å². The van der Waals surface area contributed by atoms with E-state index in [1.54, 1.807) is 0 Å². The van der Waals surface area contributed by atoms with Crippen molar-refractivity contribution >= 4 is 38.9 Å². The molecule has 0 aliphatic carbocycles. The first-order valence-electron chi connectivity index (χ1n) is 7.30. The number of rotatable bonds is 4. The molecule has 0 aliphatic rings. The van der Waals surface area contributed by atoms with E-state index in [9.17, 15) is 26.4 Å². The third-order valence-electron chi connectivity index (χ3n) is 3.43. The van der Waals surface area contributed by atoms with E-state index in [1.807, 2.05) is 9.82 Å². The number of sulfonamides is 1. The van der Waals surface area contributed by atoms with Gasteiger partial charge in [0.2, 0.25) is 0 Å². The standard InChI is InChI=1S/C15H9Cl2F3N4O3S/c16-9-4-10(17)6-12(5-9)28(26,27)24-11-2-7(13-21-14(25)23-22-13)1-8(3-11)15(18,19)20/h1-6,24H,(H2,21,22,23,25). The molecule has 3 N–H and O–H groups in total. The molecule has 0 saturated carbocycles. The van der Waals surface area contributed by atoms with Crippen molar-refractivity contribution in [1.29, 1.82) is 0 Å². The second-order valence-electron chi connectivity index (χ2n) is 5.53. The van der Waals surface area contributed by atoms with E-state index in [2.05, 4.69) is 10.1 Å². The topological polar surface area (TPSA) is 108 Å². The van der Waals surface area contributed by atoms with Crippen LogP contribution < -0.4 is 10.4 Å². The number of hydrogen-bond acceptors (Lipinski definition) is 4. The van der Waals surface area contributed by atoms with Crippen molar-refractivity contribution < 1.29 is 21.6 Å². The molecule has 0 unspecified atom stereocenters. The second kappa shape index (κ2) is 7.15. The predicted octanol–water partition coefficient (Wildman–Crippen LogP) is 3.89. The average molecular weight is 453 g/mol. The van der Waals surface area contributed by atoms with Crippen molar-refractivity contribution in [2.75, 3.05) is 4.72 Å². The van der Waals surface area contributed by atoms with Crippen molar-refractivity contribution in [3.63, 3.8) is 0 Å². The zero-order valence-corrected chi connectivity index (χ0v) is 15.8. The van der Waals surface area contributed by atoms with Crippen molar-refractivity contribution in [2.45, 2.75) is 11.1 Å². The lowest BCUT2D eigenvalue weighted by atomic mass is 10.1. The smallest absolute Gasteiger partial charge is 0.289 e.